The van der Waals surface area contributed by atoms with Gasteiger partial charge >= 0.3 is 5.97 Å². The number of hydrogen-bond donors (Lipinski definition) is 3. The topological polar surface area (TPSA) is 50.4 Å². The van der Waals surface area contributed by atoms with Gasteiger partial charge in [0, 0.05) is 18.5 Å². The summed E-state index contributed by atoms with van der Waals surface area (Å²) in [6.07, 6.45) is 1.19. The average Bonchev–Trinajstić information content (AvgIpc) is 2.67. The van der Waals surface area contributed by atoms with Crippen LogP contribution in [0.4, 0.5) is 0 Å². The van der Waals surface area contributed by atoms with Crippen molar-refractivity contribution < 1.29 is 9.53 Å². The lowest BCUT2D eigenvalue weighted by atomic mass is 10.1. The Morgan fingerprint density at radius 1 is 1.04 bits per heavy atom. The Balaban J connectivity index is 0.000000412. The summed E-state index contributed by atoms with van der Waals surface area (Å²) in [6.45, 7) is 6.85. The molecule has 0 saturated heterocycles. The molecule has 5 heteroatoms. The number of esters is 1. The van der Waals surface area contributed by atoms with Gasteiger partial charge in [-0.15, -0.1) is 0 Å². The van der Waals surface area contributed by atoms with Crippen molar-refractivity contribution in [3.63, 3.8) is 0 Å². The second kappa shape index (κ2) is 13.4. The highest BCUT2D eigenvalue weighted by Crippen LogP contribution is 2.06. The number of nitrogens with one attached hydrogen (secondary N) is 2. The Bertz CT molecular complexity index is 616. The molecule has 2 aromatic rings. The molecule has 0 fully saturated rings. The third-order valence-electron chi connectivity index (χ3n) is 3.57. The second-order valence-electron chi connectivity index (χ2n) is 5.91. The van der Waals surface area contributed by atoms with Crippen molar-refractivity contribution in [1.29, 1.82) is 0 Å². The van der Waals surface area contributed by atoms with Crippen LogP contribution >= 0.6 is 12.6 Å². The van der Waals surface area contributed by atoms with Crippen molar-refractivity contribution >= 4 is 18.6 Å². The van der Waals surface area contributed by atoms with Crippen LogP contribution in [0.2, 0.25) is 0 Å². The third-order valence-corrected chi connectivity index (χ3v) is 3.75. The lowest BCUT2D eigenvalue weighted by Gasteiger charge is -2.06. The van der Waals surface area contributed by atoms with Crippen molar-refractivity contribution in [3.05, 3.63) is 71.3 Å². The zero-order chi connectivity index (χ0) is 19.2. The van der Waals surface area contributed by atoms with Gasteiger partial charge in [-0.1, -0.05) is 49.4 Å². The third kappa shape index (κ3) is 9.61. The average molecular weight is 375 g/mol. The van der Waals surface area contributed by atoms with Crippen molar-refractivity contribution in [1.82, 2.24) is 10.6 Å². The van der Waals surface area contributed by atoms with Crippen LogP contribution in [-0.2, 0) is 17.8 Å². The van der Waals surface area contributed by atoms with E-state index in [1.807, 2.05) is 37.3 Å². The molecule has 1 atom stereocenters. The maximum absolute atomic E-state index is 11.3. The number of ether oxygens (including phenoxy) is 1. The highest BCUT2D eigenvalue weighted by atomic mass is 32.1. The van der Waals surface area contributed by atoms with E-state index in [4.69, 9.17) is 0 Å². The maximum atomic E-state index is 11.3. The van der Waals surface area contributed by atoms with E-state index in [0.717, 1.165) is 25.2 Å². The molecule has 0 heterocycles. The molecule has 26 heavy (non-hydrogen) atoms. The van der Waals surface area contributed by atoms with E-state index in [-0.39, 0.29) is 5.97 Å². The fourth-order valence-corrected chi connectivity index (χ4v) is 2.31. The molecular formula is C21H30N2O2S. The van der Waals surface area contributed by atoms with E-state index in [1.165, 1.54) is 19.1 Å². The standard InChI is InChI=1S/C16H17NO2.C5H13NS/c1-19-16(18)15-9-7-14(8-10-15)12-17-11-13-5-3-2-4-6-13;1-3-4-6-5(2)7/h2-10,17H,11-12H2,1H3;5-7H,3-4H2,1-2H3. The van der Waals surface area contributed by atoms with Crippen LogP contribution in [0.3, 0.4) is 0 Å². The SMILES string of the molecule is CCCNC(C)S.COC(=O)c1ccc(CNCc2ccccc2)cc1. The summed E-state index contributed by atoms with van der Waals surface area (Å²) >= 11 is 4.12. The van der Waals surface area contributed by atoms with Crippen LogP contribution in [0.5, 0.6) is 0 Å². The smallest absolute Gasteiger partial charge is 0.337 e. The van der Waals surface area contributed by atoms with E-state index in [1.54, 1.807) is 12.1 Å². The molecule has 2 rings (SSSR count). The van der Waals surface area contributed by atoms with Crippen LogP contribution in [-0.4, -0.2) is 25.0 Å². The Kier molecular flexibility index (Phi) is 11.4. The van der Waals surface area contributed by atoms with Crippen LogP contribution in [0.25, 0.3) is 0 Å². The molecule has 0 aliphatic rings. The van der Waals surface area contributed by atoms with Gasteiger partial charge in [0.1, 0.15) is 0 Å². The van der Waals surface area contributed by atoms with E-state index >= 15 is 0 Å². The summed E-state index contributed by atoms with van der Waals surface area (Å²) in [7, 11) is 1.39. The van der Waals surface area contributed by atoms with Crippen LogP contribution in [0, 0.1) is 0 Å². The molecule has 0 saturated carbocycles. The van der Waals surface area contributed by atoms with Gasteiger partial charge in [-0.05, 0) is 43.1 Å². The van der Waals surface area contributed by atoms with E-state index < -0.39 is 0 Å². The number of thiol groups is 1. The number of rotatable bonds is 8. The number of methoxy groups -OCH3 is 1. The fourth-order valence-electron chi connectivity index (χ4n) is 2.18. The van der Waals surface area contributed by atoms with Gasteiger partial charge in [0.25, 0.3) is 0 Å². The Morgan fingerprint density at radius 3 is 2.08 bits per heavy atom. The van der Waals surface area contributed by atoms with Gasteiger partial charge < -0.3 is 15.4 Å². The Labute approximate surface area is 162 Å². The molecule has 0 amide bonds. The molecule has 2 N–H and O–H groups in total. The first-order valence-electron chi connectivity index (χ1n) is 8.90. The number of carbonyl (C=O) groups excluding carboxylic acids is 1. The monoisotopic (exact) mass is 374 g/mol. The zero-order valence-electron chi connectivity index (χ0n) is 15.9. The largest absolute Gasteiger partial charge is 0.465 e. The Hall–Kier alpha value is -1.82. The first kappa shape index (κ1) is 22.2. The van der Waals surface area contributed by atoms with Crippen LogP contribution in [0.15, 0.2) is 54.6 Å². The van der Waals surface area contributed by atoms with Gasteiger partial charge in [0.2, 0.25) is 0 Å². The molecule has 0 aromatic heterocycles. The summed E-state index contributed by atoms with van der Waals surface area (Å²) in [5.41, 5.74) is 2.98. The number of hydrogen-bond acceptors (Lipinski definition) is 5. The van der Waals surface area contributed by atoms with E-state index in [9.17, 15) is 4.79 Å². The first-order chi connectivity index (χ1) is 12.6. The molecule has 0 radical (unpaired) electrons. The van der Waals surface area contributed by atoms with E-state index in [0.29, 0.717) is 10.9 Å². The molecule has 1 unspecified atom stereocenters. The lowest BCUT2D eigenvalue weighted by molar-refractivity contribution is 0.0600. The molecule has 0 spiro atoms. The minimum Gasteiger partial charge on any atom is -0.465 e. The normalized spacial score (nSPS) is 11.2. The van der Waals surface area contributed by atoms with Crippen molar-refractivity contribution in [2.24, 2.45) is 0 Å². The highest BCUT2D eigenvalue weighted by molar-refractivity contribution is 7.80. The minimum absolute atomic E-state index is 0.302. The lowest BCUT2D eigenvalue weighted by Crippen LogP contribution is -2.20. The van der Waals surface area contributed by atoms with Crippen LogP contribution in [0.1, 0.15) is 41.8 Å². The zero-order valence-corrected chi connectivity index (χ0v) is 16.8. The summed E-state index contributed by atoms with van der Waals surface area (Å²) < 4.78 is 4.66. The highest BCUT2D eigenvalue weighted by Gasteiger charge is 2.03. The summed E-state index contributed by atoms with van der Waals surface area (Å²) in [5.74, 6) is -0.302. The number of benzene rings is 2. The Morgan fingerprint density at radius 2 is 1.62 bits per heavy atom. The molecular weight excluding hydrogens is 344 g/mol. The number of carbonyl (C=O) groups is 1. The molecule has 0 bridgehead atoms. The van der Waals surface area contributed by atoms with Crippen molar-refractivity contribution in [2.45, 2.75) is 38.7 Å². The van der Waals surface area contributed by atoms with Crippen LogP contribution < -0.4 is 10.6 Å². The molecule has 2 aromatic carbocycles. The van der Waals surface area contributed by atoms with Crippen molar-refractivity contribution in [3.8, 4) is 0 Å². The fraction of sp³-hybridized carbons (Fsp3) is 0.381. The molecule has 4 nitrogen and oxygen atoms in total. The van der Waals surface area contributed by atoms with Gasteiger partial charge in [0.15, 0.2) is 0 Å². The van der Waals surface area contributed by atoms with Crippen molar-refractivity contribution in [2.75, 3.05) is 13.7 Å². The summed E-state index contributed by atoms with van der Waals surface area (Å²) in [5, 5.41) is 6.87. The maximum Gasteiger partial charge on any atom is 0.337 e. The quantitative estimate of drug-likeness (QED) is 0.371. The second-order valence-corrected chi connectivity index (χ2v) is 6.68. The summed E-state index contributed by atoms with van der Waals surface area (Å²) in [6, 6.07) is 17.7. The molecule has 0 aliphatic carbocycles. The predicted octanol–water partition coefficient (Wildman–Crippen LogP) is 4.02. The van der Waals surface area contributed by atoms with E-state index in [2.05, 4.69) is 47.1 Å². The predicted molar refractivity (Wildman–Crippen MR) is 112 cm³/mol. The van der Waals surface area contributed by atoms with Gasteiger partial charge in [-0.3, -0.25) is 0 Å². The molecule has 142 valence electrons. The first-order valence-corrected chi connectivity index (χ1v) is 9.41. The molecule has 0 aliphatic heterocycles. The van der Waals surface area contributed by atoms with Gasteiger partial charge in [0.05, 0.1) is 12.7 Å². The minimum atomic E-state index is -0.302. The summed E-state index contributed by atoms with van der Waals surface area (Å²) in [4.78, 5) is 11.3. The van der Waals surface area contributed by atoms with Gasteiger partial charge in [-0.2, -0.15) is 12.6 Å². The van der Waals surface area contributed by atoms with Gasteiger partial charge in [-0.25, -0.2) is 4.79 Å².